The largest absolute Gasteiger partial charge is 0.397 e. The Morgan fingerprint density at radius 1 is 1.35 bits per heavy atom. The third kappa shape index (κ3) is 2.59. The summed E-state index contributed by atoms with van der Waals surface area (Å²) in [6.07, 6.45) is 0. The first-order valence-electron chi connectivity index (χ1n) is 5.80. The average Bonchev–Trinajstić information content (AvgIpc) is 2.58. The van der Waals surface area contributed by atoms with Gasteiger partial charge in [0.2, 0.25) is 0 Å². The molecule has 3 N–H and O–H groups in total. The monoisotopic (exact) mass is 314 g/mol. The molecular formula is C12H15ClN4O2S. The summed E-state index contributed by atoms with van der Waals surface area (Å²) in [7, 11) is -2.02. The van der Waals surface area contributed by atoms with E-state index in [1.54, 1.807) is 27.0 Å². The van der Waals surface area contributed by atoms with E-state index < -0.39 is 10.0 Å². The van der Waals surface area contributed by atoms with E-state index in [-0.39, 0.29) is 4.90 Å². The van der Waals surface area contributed by atoms with E-state index in [0.29, 0.717) is 27.8 Å². The van der Waals surface area contributed by atoms with Crippen LogP contribution in [0.1, 0.15) is 11.4 Å². The van der Waals surface area contributed by atoms with E-state index in [1.807, 2.05) is 0 Å². The highest BCUT2D eigenvalue weighted by Gasteiger charge is 2.23. The van der Waals surface area contributed by atoms with E-state index in [9.17, 15) is 8.42 Å². The molecule has 2 rings (SSSR count). The normalized spacial score (nSPS) is 11.6. The van der Waals surface area contributed by atoms with Crippen molar-refractivity contribution in [2.24, 2.45) is 7.05 Å². The second-order valence-electron chi connectivity index (χ2n) is 4.47. The maximum atomic E-state index is 12.4. The third-order valence-corrected chi connectivity index (χ3v) is 4.94. The van der Waals surface area contributed by atoms with Crippen LogP contribution in [0.2, 0.25) is 5.02 Å². The molecule has 20 heavy (non-hydrogen) atoms. The van der Waals surface area contributed by atoms with Gasteiger partial charge in [-0.25, -0.2) is 8.42 Å². The maximum Gasteiger partial charge on any atom is 0.265 e. The van der Waals surface area contributed by atoms with Crippen molar-refractivity contribution in [3.05, 3.63) is 34.6 Å². The van der Waals surface area contributed by atoms with Crippen LogP contribution >= 0.6 is 11.6 Å². The lowest BCUT2D eigenvalue weighted by Gasteiger charge is -2.09. The van der Waals surface area contributed by atoms with Crippen LogP contribution < -0.4 is 10.5 Å². The van der Waals surface area contributed by atoms with Crippen LogP contribution in [0.25, 0.3) is 0 Å². The number of benzene rings is 1. The van der Waals surface area contributed by atoms with Crippen LogP contribution in [0.5, 0.6) is 0 Å². The number of aryl methyl sites for hydroxylation is 2. The summed E-state index contributed by atoms with van der Waals surface area (Å²) in [5.74, 6) is 0. The minimum Gasteiger partial charge on any atom is -0.397 e. The molecule has 8 heteroatoms. The fourth-order valence-electron chi connectivity index (χ4n) is 1.96. The van der Waals surface area contributed by atoms with Crippen molar-refractivity contribution >= 4 is 33.0 Å². The molecule has 0 unspecified atom stereocenters. The summed E-state index contributed by atoms with van der Waals surface area (Å²) in [5.41, 5.74) is 7.34. The zero-order valence-electron chi connectivity index (χ0n) is 11.3. The van der Waals surface area contributed by atoms with Crippen molar-refractivity contribution in [1.82, 2.24) is 9.78 Å². The van der Waals surface area contributed by atoms with Gasteiger partial charge in [0, 0.05) is 7.05 Å². The van der Waals surface area contributed by atoms with Gasteiger partial charge in [-0.2, -0.15) is 5.10 Å². The Balaban J connectivity index is 2.43. The number of nitrogens with one attached hydrogen (secondary N) is 1. The lowest BCUT2D eigenvalue weighted by atomic mass is 10.3. The zero-order valence-corrected chi connectivity index (χ0v) is 12.9. The second kappa shape index (κ2) is 4.99. The van der Waals surface area contributed by atoms with E-state index in [4.69, 9.17) is 17.3 Å². The minimum atomic E-state index is -3.72. The summed E-state index contributed by atoms with van der Waals surface area (Å²) in [4.78, 5) is 0.175. The Bertz CT molecular complexity index is 768. The molecule has 0 amide bonds. The first-order chi connectivity index (χ1) is 9.22. The molecule has 2 aromatic rings. The number of aromatic nitrogens is 2. The van der Waals surface area contributed by atoms with Gasteiger partial charge in [-0.1, -0.05) is 11.6 Å². The third-order valence-electron chi connectivity index (χ3n) is 2.96. The number of nitrogen functional groups attached to an aromatic ring is 1. The smallest absolute Gasteiger partial charge is 0.265 e. The van der Waals surface area contributed by atoms with Gasteiger partial charge in [-0.05, 0) is 32.0 Å². The van der Waals surface area contributed by atoms with Gasteiger partial charge in [0.1, 0.15) is 4.90 Å². The topological polar surface area (TPSA) is 90.0 Å². The van der Waals surface area contributed by atoms with Crippen molar-refractivity contribution in [2.75, 3.05) is 10.5 Å². The fourth-order valence-corrected chi connectivity index (χ4v) is 3.56. The van der Waals surface area contributed by atoms with E-state index >= 15 is 0 Å². The molecule has 0 aliphatic heterocycles. The molecule has 0 aliphatic carbocycles. The number of anilines is 2. The molecule has 1 aromatic heterocycles. The number of hydrogen-bond acceptors (Lipinski definition) is 4. The van der Waals surface area contributed by atoms with Gasteiger partial charge in [0.05, 0.1) is 27.8 Å². The molecule has 0 saturated heterocycles. The summed E-state index contributed by atoms with van der Waals surface area (Å²) in [5, 5.41) is 4.48. The van der Waals surface area contributed by atoms with Crippen molar-refractivity contribution in [3.63, 3.8) is 0 Å². The maximum absolute atomic E-state index is 12.4. The second-order valence-corrected chi connectivity index (χ2v) is 6.49. The molecule has 6 nitrogen and oxygen atoms in total. The van der Waals surface area contributed by atoms with E-state index in [0.717, 1.165) is 0 Å². The van der Waals surface area contributed by atoms with Crippen LogP contribution in [0.4, 0.5) is 11.4 Å². The fraction of sp³-hybridized carbons (Fsp3) is 0.250. The standard InChI is InChI=1S/C12H15ClN4O2S/c1-7-12(8(2)17(3)15-7)20(18,19)16-9-4-5-10(13)11(14)6-9/h4-6,16H,14H2,1-3H3. The molecule has 1 aromatic carbocycles. The first-order valence-corrected chi connectivity index (χ1v) is 7.66. The van der Waals surface area contributed by atoms with E-state index in [2.05, 4.69) is 9.82 Å². The minimum absolute atomic E-state index is 0.175. The van der Waals surface area contributed by atoms with Crippen molar-refractivity contribution < 1.29 is 8.42 Å². The predicted molar refractivity (Wildman–Crippen MR) is 79.4 cm³/mol. The lowest BCUT2D eigenvalue weighted by Crippen LogP contribution is -2.15. The molecule has 0 aliphatic rings. The van der Waals surface area contributed by atoms with Crippen molar-refractivity contribution in [3.8, 4) is 0 Å². The van der Waals surface area contributed by atoms with Gasteiger partial charge in [-0.15, -0.1) is 0 Å². The molecule has 0 spiro atoms. The van der Waals surface area contributed by atoms with Crippen LogP contribution in [0, 0.1) is 13.8 Å². The molecule has 0 radical (unpaired) electrons. The van der Waals surface area contributed by atoms with Crippen LogP contribution in [-0.4, -0.2) is 18.2 Å². The molecule has 108 valence electrons. The van der Waals surface area contributed by atoms with Gasteiger partial charge >= 0.3 is 0 Å². The predicted octanol–water partition coefficient (Wildman–Crippen LogP) is 2.07. The molecule has 0 atom stereocenters. The summed E-state index contributed by atoms with van der Waals surface area (Å²) >= 11 is 5.81. The van der Waals surface area contributed by atoms with Crippen LogP contribution in [0.15, 0.2) is 23.1 Å². The van der Waals surface area contributed by atoms with Gasteiger partial charge in [-0.3, -0.25) is 9.40 Å². The Kier molecular flexibility index (Phi) is 3.66. The Hall–Kier alpha value is -1.73. The van der Waals surface area contributed by atoms with Gasteiger partial charge in [0.25, 0.3) is 10.0 Å². The zero-order chi connectivity index (χ0) is 15.1. The van der Waals surface area contributed by atoms with Crippen LogP contribution in [-0.2, 0) is 17.1 Å². The number of sulfonamides is 1. The molecular weight excluding hydrogens is 300 g/mol. The molecule has 0 fully saturated rings. The summed E-state index contributed by atoms with van der Waals surface area (Å²) in [6.45, 7) is 3.35. The van der Waals surface area contributed by atoms with Crippen LogP contribution in [0.3, 0.4) is 0 Å². The number of rotatable bonds is 3. The quantitative estimate of drug-likeness (QED) is 0.849. The SMILES string of the molecule is Cc1nn(C)c(C)c1S(=O)(=O)Nc1ccc(Cl)c(N)c1. The molecule has 1 heterocycles. The van der Waals surface area contributed by atoms with E-state index in [1.165, 1.54) is 16.8 Å². The average molecular weight is 315 g/mol. The molecule has 0 saturated carbocycles. The Labute approximate surface area is 122 Å². The van der Waals surface area contributed by atoms with Crippen molar-refractivity contribution in [2.45, 2.75) is 18.7 Å². The lowest BCUT2D eigenvalue weighted by molar-refractivity contribution is 0.599. The van der Waals surface area contributed by atoms with Gasteiger partial charge in [0.15, 0.2) is 0 Å². The number of nitrogens with two attached hydrogens (primary N) is 1. The summed E-state index contributed by atoms with van der Waals surface area (Å²) < 4.78 is 28.8. The number of hydrogen-bond donors (Lipinski definition) is 2. The summed E-state index contributed by atoms with van der Waals surface area (Å²) in [6, 6.07) is 4.57. The first kappa shape index (κ1) is 14.7. The Morgan fingerprint density at radius 2 is 2.00 bits per heavy atom. The number of nitrogens with zero attached hydrogens (tertiary/aromatic N) is 2. The Morgan fingerprint density at radius 3 is 2.50 bits per heavy atom. The highest BCUT2D eigenvalue weighted by molar-refractivity contribution is 7.92. The highest BCUT2D eigenvalue weighted by atomic mass is 35.5. The van der Waals surface area contributed by atoms with Crippen molar-refractivity contribution in [1.29, 1.82) is 0 Å². The number of halogens is 1. The van der Waals surface area contributed by atoms with Gasteiger partial charge < -0.3 is 5.73 Å². The molecule has 0 bridgehead atoms. The highest BCUT2D eigenvalue weighted by Crippen LogP contribution is 2.26.